The third-order valence-electron chi connectivity index (χ3n) is 3.68. The molecule has 5 heteroatoms. The molecule has 0 bridgehead atoms. The molecule has 0 radical (unpaired) electrons. The second-order valence-electron chi connectivity index (χ2n) is 4.91. The molecule has 2 heterocycles. The van der Waals surface area contributed by atoms with Crippen LogP contribution in [0, 0.1) is 0 Å². The zero-order chi connectivity index (χ0) is 13.4. The molecule has 5 nitrogen and oxygen atoms in total. The molecule has 1 aromatic carbocycles. The zero-order valence-corrected chi connectivity index (χ0v) is 10.8. The van der Waals surface area contributed by atoms with Gasteiger partial charge < -0.3 is 9.32 Å². The number of hydrogen-bond acceptors (Lipinski definition) is 3. The van der Waals surface area contributed by atoms with E-state index in [0.29, 0.717) is 11.1 Å². The van der Waals surface area contributed by atoms with E-state index in [0.717, 1.165) is 25.9 Å². The minimum absolute atomic E-state index is 0.00819. The summed E-state index contributed by atoms with van der Waals surface area (Å²) in [6.07, 6.45) is 2.08. The van der Waals surface area contributed by atoms with Gasteiger partial charge in [0.05, 0.1) is 5.52 Å². The molecule has 1 aliphatic heterocycles. The van der Waals surface area contributed by atoms with Gasteiger partial charge >= 0.3 is 5.76 Å². The van der Waals surface area contributed by atoms with Crippen molar-refractivity contribution in [3.63, 3.8) is 0 Å². The SMILES string of the molecule is C[C@@H](C(=O)N1CCCC1)n1c(=O)oc2ccccc21. The number of aromatic nitrogens is 1. The van der Waals surface area contributed by atoms with E-state index < -0.39 is 11.8 Å². The molecular formula is C14H16N2O3. The molecule has 1 saturated heterocycles. The molecule has 0 saturated carbocycles. The lowest BCUT2D eigenvalue weighted by Gasteiger charge is -2.20. The Kier molecular flexibility index (Phi) is 2.89. The highest BCUT2D eigenvalue weighted by Crippen LogP contribution is 2.20. The quantitative estimate of drug-likeness (QED) is 0.827. The van der Waals surface area contributed by atoms with Gasteiger partial charge in [0.2, 0.25) is 5.91 Å². The standard InChI is InChI=1S/C14H16N2O3/c1-10(13(17)15-8-4-5-9-15)16-11-6-2-3-7-12(11)19-14(16)18/h2-3,6-7,10H,4-5,8-9H2,1H3/t10-/m0/s1. The Hall–Kier alpha value is -2.04. The molecule has 1 aliphatic rings. The Bertz CT molecular complexity index is 665. The van der Waals surface area contributed by atoms with Crippen LogP contribution in [-0.2, 0) is 4.79 Å². The van der Waals surface area contributed by atoms with Crippen LogP contribution in [0.1, 0.15) is 25.8 Å². The number of nitrogens with zero attached hydrogens (tertiary/aromatic N) is 2. The molecule has 1 atom stereocenters. The molecule has 1 fully saturated rings. The lowest BCUT2D eigenvalue weighted by Crippen LogP contribution is -2.36. The molecule has 1 amide bonds. The summed E-state index contributed by atoms with van der Waals surface area (Å²) in [5.74, 6) is -0.479. The number of fused-ring (bicyclic) bond motifs is 1. The van der Waals surface area contributed by atoms with Crippen molar-refractivity contribution in [2.24, 2.45) is 0 Å². The number of hydrogen-bond donors (Lipinski definition) is 0. The number of carbonyl (C=O) groups is 1. The lowest BCUT2D eigenvalue weighted by molar-refractivity contribution is -0.133. The van der Waals surface area contributed by atoms with Crippen molar-refractivity contribution >= 4 is 17.0 Å². The first-order valence-corrected chi connectivity index (χ1v) is 6.57. The number of benzene rings is 1. The van der Waals surface area contributed by atoms with Gasteiger partial charge in [0, 0.05) is 13.1 Å². The Labute approximate surface area is 110 Å². The minimum Gasteiger partial charge on any atom is -0.408 e. The van der Waals surface area contributed by atoms with Crippen molar-refractivity contribution in [1.82, 2.24) is 9.47 Å². The van der Waals surface area contributed by atoms with Gasteiger partial charge in [0.25, 0.3) is 0 Å². The predicted octanol–water partition coefficient (Wildman–Crippen LogP) is 1.78. The summed E-state index contributed by atoms with van der Waals surface area (Å²) in [5, 5.41) is 0. The van der Waals surface area contributed by atoms with Crippen molar-refractivity contribution in [3.05, 3.63) is 34.8 Å². The number of oxazole rings is 1. The zero-order valence-electron chi connectivity index (χ0n) is 10.8. The first-order valence-electron chi connectivity index (χ1n) is 6.57. The number of carbonyl (C=O) groups excluding carboxylic acids is 1. The maximum absolute atomic E-state index is 12.4. The van der Waals surface area contributed by atoms with E-state index in [2.05, 4.69) is 0 Å². The molecule has 0 spiro atoms. The Morgan fingerprint density at radius 2 is 1.95 bits per heavy atom. The van der Waals surface area contributed by atoms with Gasteiger partial charge in [-0.3, -0.25) is 9.36 Å². The third-order valence-corrected chi connectivity index (χ3v) is 3.68. The van der Waals surface area contributed by atoms with Crippen LogP contribution in [0.2, 0.25) is 0 Å². The molecule has 0 unspecified atom stereocenters. The second-order valence-corrected chi connectivity index (χ2v) is 4.91. The van der Waals surface area contributed by atoms with E-state index in [4.69, 9.17) is 4.42 Å². The van der Waals surface area contributed by atoms with E-state index >= 15 is 0 Å². The first kappa shape index (κ1) is 12.0. The monoisotopic (exact) mass is 260 g/mol. The van der Waals surface area contributed by atoms with Crippen molar-refractivity contribution < 1.29 is 9.21 Å². The molecule has 0 N–H and O–H groups in total. The highest BCUT2D eigenvalue weighted by molar-refractivity contribution is 5.83. The van der Waals surface area contributed by atoms with Crippen LogP contribution in [0.5, 0.6) is 0 Å². The summed E-state index contributed by atoms with van der Waals surface area (Å²) >= 11 is 0. The van der Waals surface area contributed by atoms with Gasteiger partial charge in [-0.2, -0.15) is 0 Å². The average Bonchev–Trinajstić information content (AvgIpc) is 3.03. The molecule has 100 valence electrons. The fourth-order valence-corrected chi connectivity index (χ4v) is 2.66. The van der Waals surface area contributed by atoms with Crippen molar-refractivity contribution in [1.29, 1.82) is 0 Å². The van der Waals surface area contributed by atoms with Crippen LogP contribution in [0.4, 0.5) is 0 Å². The van der Waals surface area contributed by atoms with Crippen LogP contribution in [-0.4, -0.2) is 28.5 Å². The van der Waals surface area contributed by atoms with Crippen LogP contribution in [0.15, 0.2) is 33.5 Å². The van der Waals surface area contributed by atoms with E-state index in [1.54, 1.807) is 19.1 Å². The number of rotatable bonds is 2. The summed E-state index contributed by atoms with van der Waals surface area (Å²) in [7, 11) is 0. The Balaban J connectivity index is 2.01. The largest absolute Gasteiger partial charge is 0.420 e. The van der Waals surface area contributed by atoms with Gasteiger partial charge in [-0.15, -0.1) is 0 Å². The normalized spacial score (nSPS) is 17.0. The summed E-state index contributed by atoms with van der Waals surface area (Å²) in [4.78, 5) is 26.1. The van der Waals surface area contributed by atoms with E-state index in [9.17, 15) is 9.59 Å². The average molecular weight is 260 g/mol. The fourth-order valence-electron chi connectivity index (χ4n) is 2.66. The molecule has 1 aromatic heterocycles. The van der Waals surface area contributed by atoms with Gasteiger partial charge in [-0.1, -0.05) is 12.1 Å². The van der Waals surface area contributed by atoms with Crippen LogP contribution in [0.3, 0.4) is 0 Å². The maximum Gasteiger partial charge on any atom is 0.420 e. The lowest BCUT2D eigenvalue weighted by atomic mass is 10.2. The maximum atomic E-state index is 12.4. The molecule has 0 aliphatic carbocycles. The second kappa shape index (κ2) is 4.57. The Morgan fingerprint density at radius 1 is 1.26 bits per heavy atom. The third kappa shape index (κ3) is 1.95. The first-order chi connectivity index (χ1) is 9.18. The molecule has 19 heavy (non-hydrogen) atoms. The predicted molar refractivity (Wildman–Crippen MR) is 71.0 cm³/mol. The highest BCUT2D eigenvalue weighted by atomic mass is 16.4. The molecular weight excluding hydrogens is 244 g/mol. The highest BCUT2D eigenvalue weighted by Gasteiger charge is 2.27. The van der Waals surface area contributed by atoms with Crippen LogP contribution >= 0.6 is 0 Å². The number of likely N-dealkylation sites (tertiary alicyclic amines) is 1. The van der Waals surface area contributed by atoms with Crippen molar-refractivity contribution in [3.8, 4) is 0 Å². The number of para-hydroxylation sites is 2. The fraction of sp³-hybridized carbons (Fsp3) is 0.429. The van der Waals surface area contributed by atoms with Gasteiger partial charge in [-0.05, 0) is 31.9 Å². The summed E-state index contributed by atoms with van der Waals surface area (Å²) in [6, 6.07) is 6.66. The van der Waals surface area contributed by atoms with Crippen molar-refractivity contribution in [2.75, 3.05) is 13.1 Å². The Morgan fingerprint density at radius 3 is 2.68 bits per heavy atom. The minimum atomic E-state index is -0.519. The van der Waals surface area contributed by atoms with Gasteiger partial charge in [-0.25, -0.2) is 4.79 Å². The summed E-state index contributed by atoms with van der Waals surface area (Å²) in [6.45, 7) is 3.32. The summed E-state index contributed by atoms with van der Waals surface area (Å²) < 4.78 is 6.61. The van der Waals surface area contributed by atoms with Gasteiger partial charge in [0.1, 0.15) is 6.04 Å². The van der Waals surface area contributed by atoms with E-state index in [1.807, 2.05) is 17.0 Å². The van der Waals surface area contributed by atoms with Crippen LogP contribution < -0.4 is 5.76 Å². The van der Waals surface area contributed by atoms with E-state index in [1.165, 1.54) is 4.57 Å². The molecule has 3 rings (SSSR count). The summed E-state index contributed by atoms with van der Waals surface area (Å²) in [5.41, 5.74) is 1.20. The smallest absolute Gasteiger partial charge is 0.408 e. The number of amides is 1. The van der Waals surface area contributed by atoms with Gasteiger partial charge in [0.15, 0.2) is 5.58 Å². The van der Waals surface area contributed by atoms with E-state index in [-0.39, 0.29) is 5.91 Å². The van der Waals surface area contributed by atoms with Crippen LogP contribution in [0.25, 0.3) is 11.1 Å². The van der Waals surface area contributed by atoms with Crippen molar-refractivity contribution in [2.45, 2.75) is 25.8 Å². The topological polar surface area (TPSA) is 55.5 Å². The molecule has 2 aromatic rings.